The highest BCUT2D eigenvalue weighted by molar-refractivity contribution is 5.57. The second-order valence-corrected chi connectivity index (χ2v) is 2.39. The van der Waals surface area contributed by atoms with Gasteiger partial charge in [-0.2, -0.15) is 0 Å². The summed E-state index contributed by atoms with van der Waals surface area (Å²) in [4.78, 5) is 12.7. The van der Waals surface area contributed by atoms with E-state index >= 15 is 0 Å². The van der Waals surface area contributed by atoms with Crippen LogP contribution in [0.25, 0.3) is 4.85 Å². The van der Waals surface area contributed by atoms with Crippen molar-refractivity contribution in [3.63, 3.8) is 0 Å². The highest BCUT2D eigenvalue weighted by Gasteiger charge is 2.10. The van der Waals surface area contributed by atoms with E-state index in [1.54, 1.807) is 0 Å². The van der Waals surface area contributed by atoms with Crippen molar-refractivity contribution in [1.29, 1.82) is 0 Å². The van der Waals surface area contributed by atoms with Crippen LogP contribution in [0.4, 0.5) is 14.5 Å². The molecule has 13 heavy (non-hydrogen) atoms. The summed E-state index contributed by atoms with van der Waals surface area (Å²) in [6.07, 6.45) is 0.498. The third kappa shape index (κ3) is 1.88. The Bertz CT molecular complexity index is 359. The van der Waals surface area contributed by atoms with Crippen molar-refractivity contribution in [1.82, 2.24) is 0 Å². The zero-order valence-electron chi connectivity index (χ0n) is 6.55. The Kier molecular flexibility index (Phi) is 2.70. The van der Waals surface area contributed by atoms with Gasteiger partial charge in [-0.3, -0.25) is 0 Å². The van der Waals surface area contributed by atoms with Gasteiger partial charge < -0.3 is 4.79 Å². The fraction of sp³-hybridized carbons (Fsp3) is 0.111. The van der Waals surface area contributed by atoms with Gasteiger partial charge in [-0.1, -0.05) is 0 Å². The minimum atomic E-state index is -0.924. The van der Waals surface area contributed by atoms with Crippen LogP contribution in [0.2, 0.25) is 0 Å². The van der Waals surface area contributed by atoms with Crippen molar-refractivity contribution < 1.29 is 13.6 Å². The first-order chi connectivity index (χ1) is 6.19. The lowest BCUT2D eigenvalue weighted by Gasteiger charge is -1.99. The second kappa shape index (κ2) is 3.76. The van der Waals surface area contributed by atoms with Crippen molar-refractivity contribution in [3.05, 3.63) is 40.7 Å². The van der Waals surface area contributed by atoms with E-state index in [1.165, 1.54) is 0 Å². The lowest BCUT2D eigenvalue weighted by atomic mass is 10.1. The number of benzene rings is 1. The summed E-state index contributed by atoms with van der Waals surface area (Å²) in [5, 5.41) is 0. The lowest BCUT2D eigenvalue weighted by Crippen LogP contribution is -1.90. The summed E-state index contributed by atoms with van der Waals surface area (Å²) < 4.78 is 25.7. The number of hydrogen-bond donors (Lipinski definition) is 0. The zero-order valence-corrected chi connectivity index (χ0v) is 6.55. The van der Waals surface area contributed by atoms with E-state index in [0.29, 0.717) is 6.29 Å². The SMILES string of the molecule is [C-]#[N+]c1c(F)cc(CC=O)cc1F. The van der Waals surface area contributed by atoms with Crippen molar-refractivity contribution in [2.75, 3.05) is 0 Å². The topological polar surface area (TPSA) is 21.4 Å². The Morgan fingerprint density at radius 1 is 1.38 bits per heavy atom. The molecule has 0 amide bonds. The van der Waals surface area contributed by atoms with Crippen LogP contribution in [0.1, 0.15) is 5.56 Å². The van der Waals surface area contributed by atoms with Crippen molar-refractivity contribution >= 4 is 12.0 Å². The van der Waals surface area contributed by atoms with E-state index in [-0.39, 0.29) is 12.0 Å². The van der Waals surface area contributed by atoms with Gasteiger partial charge in [0.15, 0.2) is 0 Å². The first kappa shape index (κ1) is 9.33. The van der Waals surface area contributed by atoms with Gasteiger partial charge in [0.2, 0.25) is 0 Å². The van der Waals surface area contributed by atoms with Gasteiger partial charge >= 0.3 is 0 Å². The smallest absolute Gasteiger partial charge is 0.256 e. The standard InChI is InChI=1S/C9H5F2NO/c1-12-9-7(10)4-6(2-3-13)5-8(9)11/h3-5H,2H2. The first-order valence-electron chi connectivity index (χ1n) is 3.48. The summed E-state index contributed by atoms with van der Waals surface area (Å²) in [6.45, 7) is 6.47. The Morgan fingerprint density at radius 2 is 1.92 bits per heavy atom. The lowest BCUT2D eigenvalue weighted by molar-refractivity contribution is -0.107. The van der Waals surface area contributed by atoms with Crippen molar-refractivity contribution in [3.8, 4) is 0 Å². The number of halogens is 2. The molecule has 66 valence electrons. The van der Waals surface area contributed by atoms with Gasteiger partial charge in [-0.15, -0.1) is 0 Å². The molecule has 0 fully saturated rings. The van der Waals surface area contributed by atoms with E-state index in [2.05, 4.69) is 4.85 Å². The van der Waals surface area contributed by atoms with Gasteiger partial charge in [0.05, 0.1) is 6.57 Å². The average Bonchev–Trinajstić information content (AvgIpc) is 2.04. The predicted molar refractivity (Wildman–Crippen MR) is 42.4 cm³/mol. The fourth-order valence-electron chi connectivity index (χ4n) is 0.939. The van der Waals surface area contributed by atoms with Crippen molar-refractivity contribution in [2.45, 2.75) is 6.42 Å². The van der Waals surface area contributed by atoms with Crippen LogP contribution < -0.4 is 0 Å². The molecule has 0 radical (unpaired) electrons. The highest BCUT2D eigenvalue weighted by atomic mass is 19.1. The molecule has 2 nitrogen and oxygen atoms in total. The minimum Gasteiger partial charge on any atom is -0.303 e. The Morgan fingerprint density at radius 3 is 2.31 bits per heavy atom. The third-order valence-corrected chi connectivity index (χ3v) is 1.51. The van der Waals surface area contributed by atoms with E-state index < -0.39 is 17.3 Å². The molecular weight excluding hydrogens is 176 g/mol. The molecule has 0 unspecified atom stereocenters. The molecule has 0 atom stereocenters. The molecule has 0 N–H and O–H groups in total. The van der Waals surface area contributed by atoms with Crippen LogP contribution >= 0.6 is 0 Å². The highest BCUT2D eigenvalue weighted by Crippen LogP contribution is 2.23. The van der Waals surface area contributed by atoms with Gasteiger partial charge in [0.1, 0.15) is 17.9 Å². The number of hydrogen-bond acceptors (Lipinski definition) is 1. The fourth-order valence-corrected chi connectivity index (χ4v) is 0.939. The molecular formula is C9H5F2NO. The number of carbonyl (C=O) groups excluding carboxylic acids is 1. The molecule has 0 bridgehead atoms. The summed E-state index contributed by atoms with van der Waals surface area (Å²) in [6, 6.07) is 1.98. The molecule has 4 heteroatoms. The Hall–Kier alpha value is -1.76. The molecule has 0 saturated heterocycles. The third-order valence-electron chi connectivity index (χ3n) is 1.51. The van der Waals surface area contributed by atoms with Crippen LogP contribution in [-0.4, -0.2) is 6.29 Å². The number of aldehydes is 1. The molecule has 0 aliphatic heterocycles. The van der Waals surface area contributed by atoms with Gasteiger partial charge in [0, 0.05) is 6.42 Å². The minimum absolute atomic E-state index is 0.0495. The normalized spacial score (nSPS) is 9.31. The monoisotopic (exact) mass is 181 g/mol. The Labute approximate surface area is 73.6 Å². The van der Waals surface area contributed by atoms with Gasteiger partial charge in [-0.25, -0.2) is 13.6 Å². The molecule has 1 aromatic rings. The molecule has 0 aliphatic carbocycles. The number of carbonyl (C=O) groups is 1. The molecule has 0 spiro atoms. The largest absolute Gasteiger partial charge is 0.303 e. The van der Waals surface area contributed by atoms with E-state index in [0.717, 1.165) is 12.1 Å². The number of rotatable bonds is 2. The zero-order chi connectivity index (χ0) is 9.84. The van der Waals surface area contributed by atoms with Crippen molar-refractivity contribution in [2.24, 2.45) is 0 Å². The van der Waals surface area contributed by atoms with Gasteiger partial charge in [-0.05, 0) is 17.7 Å². The molecule has 1 aromatic carbocycles. The first-order valence-corrected chi connectivity index (χ1v) is 3.48. The average molecular weight is 181 g/mol. The maximum Gasteiger partial charge on any atom is 0.256 e. The van der Waals surface area contributed by atoms with Crippen LogP contribution in [0.5, 0.6) is 0 Å². The van der Waals surface area contributed by atoms with E-state index in [4.69, 9.17) is 6.57 Å². The van der Waals surface area contributed by atoms with Crippen LogP contribution in [0, 0.1) is 18.2 Å². The van der Waals surface area contributed by atoms with Gasteiger partial charge in [0.25, 0.3) is 5.69 Å². The summed E-state index contributed by atoms with van der Waals surface area (Å²) in [5.74, 6) is -1.85. The van der Waals surface area contributed by atoms with Crippen LogP contribution in [-0.2, 0) is 11.2 Å². The number of nitrogens with zero attached hydrogens (tertiary/aromatic N) is 1. The van der Waals surface area contributed by atoms with Crippen LogP contribution in [0.3, 0.4) is 0 Å². The predicted octanol–water partition coefficient (Wildman–Crippen LogP) is 2.26. The molecule has 1 rings (SSSR count). The summed E-state index contributed by atoms with van der Waals surface area (Å²) >= 11 is 0. The Balaban J connectivity index is 3.21. The second-order valence-electron chi connectivity index (χ2n) is 2.39. The summed E-state index contributed by atoms with van der Waals surface area (Å²) in [5.41, 5.74) is -0.396. The molecule has 0 heterocycles. The molecule has 0 aromatic heterocycles. The molecule has 0 saturated carbocycles. The van der Waals surface area contributed by atoms with Crippen LogP contribution in [0.15, 0.2) is 12.1 Å². The molecule has 0 aliphatic rings. The maximum atomic E-state index is 12.9. The maximum absolute atomic E-state index is 12.9. The summed E-state index contributed by atoms with van der Waals surface area (Å²) in [7, 11) is 0. The quantitative estimate of drug-likeness (QED) is 0.506. The van der Waals surface area contributed by atoms with E-state index in [1.807, 2.05) is 0 Å². The van der Waals surface area contributed by atoms with E-state index in [9.17, 15) is 13.6 Å².